The number of rotatable bonds is 6. The van der Waals surface area contributed by atoms with Gasteiger partial charge in [0.25, 0.3) is 0 Å². The number of hydrogen-bond acceptors (Lipinski definition) is 4. The predicted octanol–water partition coefficient (Wildman–Crippen LogP) is 3.06. The second-order valence-corrected chi connectivity index (χ2v) is 8.70. The fourth-order valence-corrected chi connectivity index (χ4v) is 4.69. The summed E-state index contributed by atoms with van der Waals surface area (Å²) < 4.78 is 70.7. The number of carbonyl (C=O) groups excluding carboxylic acids is 1. The number of ether oxygens (including phenoxy) is 1. The minimum Gasteiger partial charge on any atom is -0.379 e. The van der Waals surface area contributed by atoms with Gasteiger partial charge in [-0.2, -0.15) is 17.5 Å². The molecule has 0 atom stereocenters. The molecule has 1 fully saturated rings. The maximum Gasteiger partial charge on any atom is 0.416 e. The third-order valence-electron chi connectivity index (χ3n) is 4.65. The van der Waals surface area contributed by atoms with E-state index in [0.29, 0.717) is 18.8 Å². The Hall–Kier alpha value is -2.69. The average molecular weight is 454 g/mol. The summed E-state index contributed by atoms with van der Waals surface area (Å²) in [6, 6.07) is 10.9. The molecule has 1 saturated heterocycles. The van der Waals surface area contributed by atoms with Gasteiger partial charge in [0.1, 0.15) is 0 Å². The lowest BCUT2D eigenvalue weighted by atomic mass is 10.1. The van der Waals surface area contributed by atoms with Crippen LogP contribution in [-0.2, 0) is 32.3 Å². The maximum atomic E-state index is 12.9. The molecule has 1 amide bonds. The van der Waals surface area contributed by atoms with Gasteiger partial charge in [-0.15, -0.1) is 0 Å². The lowest BCUT2D eigenvalue weighted by Crippen LogP contribution is -2.41. The van der Waals surface area contributed by atoms with Gasteiger partial charge in [0, 0.05) is 25.7 Å². The number of morpholine rings is 1. The van der Waals surface area contributed by atoms with Crippen molar-refractivity contribution in [2.75, 3.05) is 26.3 Å². The number of alkyl halides is 3. The molecule has 0 aliphatic carbocycles. The summed E-state index contributed by atoms with van der Waals surface area (Å²) in [7, 11) is -3.74. The van der Waals surface area contributed by atoms with Crippen molar-refractivity contribution in [1.29, 1.82) is 0 Å². The molecule has 0 spiro atoms. The van der Waals surface area contributed by atoms with Crippen LogP contribution in [0.4, 0.5) is 13.2 Å². The van der Waals surface area contributed by atoms with Crippen molar-refractivity contribution in [2.24, 2.45) is 0 Å². The van der Waals surface area contributed by atoms with E-state index in [9.17, 15) is 26.4 Å². The molecule has 0 unspecified atom stereocenters. The van der Waals surface area contributed by atoms with Crippen molar-refractivity contribution in [3.63, 3.8) is 0 Å². The van der Waals surface area contributed by atoms with Crippen LogP contribution in [0.15, 0.2) is 59.5 Å². The Labute approximate surface area is 178 Å². The zero-order valence-electron chi connectivity index (χ0n) is 16.4. The Kier molecular flexibility index (Phi) is 7.14. The lowest BCUT2D eigenvalue weighted by molar-refractivity contribution is -0.137. The van der Waals surface area contributed by atoms with Crippen molar-refractivity contribution in [3.05, 3.63) is 71.3 Å². The molecule has 1 heterocycles. The fourth-order valence-electron chi connectivity index (χ4n) is 3.06. The van der Waals surface area contributed by atoms with Crippen LogP contribution >= 0.6 is 0 Å². The SMILES string of the molecule is O=C(/C=C/c1cccc(C(F)(F)F)c1)NCc1ccccc1S(=O)(=O)N1CCOCC1. The minimum atomic E-state index is -4.47. The first-order chi connectivity index (χ1) is 14.7. The van der Waals surface area contributed by atoms with Crippen molar-refractivity contribution in [3.8, 4) is 0 Å². The number of hydrogen-bond donors (Lipinski definition) is 1. The molecule has 0 radical (unpaired) electrons. The minimum absolute atomic E-state index is 0.0501. The average Bonchev–Trinajstić information content (AvgIpc) is 2.76. The second kappa shape index (κ2) is 9.63. The van der Waals surface area contributed by atoms with Crippen LogP contribution in [-0.4, -0.2) is 44.9 Å². The van der Waals surface area contributed by atoms with Gasteiger partial charge < -0.3 is 10.1 Å². The first-order valence-corrected chi connectivity index (χ1v) is 10.9. The van der Waals surface area contributed by atoms with Gasteiger partial charge in [-0.3, -0.25) is 4.79 Å². The van der Waals surface area contributed by atoms with Gasteiger partial charge in [0.2, 0.25) is 15.9 Å². The molecular formula is C21H21F3N2O4S. The molecule has 31 heavy (non-hydrogen) atoms. The number of amides is 1. The van der Waals surface area contributed by atoms with E-state index in [0.717, 1.165) is 18.2 Å². The summed E-state index contributed by atoms with van der Waals surface area (Å²) in [5.74, 6) is -0.559. The number of carbonyl (C=O) groups is 1. The van der Waals surface area contributed by atoms with E-state index in [4.69, 9.17) is 4.74 Å². The highest BCUT2D eigenvalue weighted by Crippen LogP contribution is 2.29. The van der Waals surface area contributed by atoms with Crippen molar-refractivity contribution < 1.29 is 31.1 Å². The molecule has 6 nitrogen and oxygen atoms in total. The molecule has 1 aliphatic heterocycles. The van der Waals surface area contributed by atoms with Crippen LogP contribution in [0.2, 0.25) is 0 Å². The van der Waals surface area contributed by atoms with Gasteiger partial charge in [0.05, 0.1) is 23.7 Å². The van der Waals surface area contributed by atoms with E-state index in [-0.39, 0.29) is 30.1 Å². The number of benzene rings is 2. The maximum absolute atomic E-state index is 12.9. The molecule has 1 aliphatic rings. The summed E-state index contributed by atoms with van der Waals surface area (Å²) in [6.07, 6.45) is -2.10. The summed E-state index contributed by atoms with van der Waals surface area (Å²) in [5, 5.41) is 2.57. The summed E-state index contributed by atoms with van der Waals surface area (Å²) in [6.45, 7) is 1.09. The topological polar surface area (TPSA) is 75.7 Å². The van der Waals surface area contributed by atoms with E-state index in [2.05, 4.69) is 5.32 Å². The number of nitrogens with zero attached hydrogens (tertiary/aromatic N) is 1. The Balaban J connectivity index is 1.68. The molecule has 1 N–H and O–H groups in total. The van der Waals surface area contributed by atoms with E-state index >= 15 is 0 Å². The predicted molar refractivity (Wildman–Crippen MR) is 108 cm³/mol. The van der Waals surface area contributed by atoms with E-state index in [1.165, 1.54) is 28.6 Å². The molecule has 10 heteroatoms. The van der Waals surface area contributed by atoms with Crippen LogP contribution < -0.4 is 5.32 Å². The third-order valence-corrected chi connectivity index (χ3v) is 6.65. The smallest absolute Gasteiger partial charge is 0.379 e. The van der Waals surface area contributed by atoms with Crippen LogP contribution in [0, 0.1) is 0 Å². The fraction of sp³-hybridized carbons (Fsp3) is 0.286. The van der Waals surface area contributed by atoms with Crippen LogP contribution in [0.5, 0.6) is 0 Å². The zero-order chi connectivity index (χ0) is 22.5. The summed E-state index contributed by atoms with van der Waals surface area (Å²) in [4.78, 5) is 12.2. The number of sulfonamides is 1. The number of nitrogens with one attached hydrogen (secondary N) is 1. The first kappa shape index (κ1) is 23.0. The molecule has 166 valence electrons. The molecule has 2 aromatic rings. The monoisotopic (exact) mass is 454 g/mol. The summed E-state index contributed by atoms with van der Waals surface area (Å²) in [5.41, 5.74) is -0.174. The van der Waals surface area contributed by atoms with Crippen LogP contribution in [0.25, 0.3) is 6.08 Å². The molecule has 0 saturated carbocycles. The summed E-state index contributed by atoms with van der Waals surface area (Å²) >= 11 is 0. The highest BCUT2D eigenvalue weighted by Gasteiger charge is 2.30. The third kappa shape index (κ3) is 5.93. The highest BCUT2D eigenvalue weighted by atomic mass is 32.2. The first-order valence-electron chi connectivity index (χ1n) is 9.47. The zero-order valence-corrected chi connectivity index (χ0v) is 17.2. The number of halogens is 3. The molecule has 2 aromatic carbocycles. The Bertz CT molecular complexity index is 1060. The Morgan fingerprint density at radius 3 is 2.52 bits per heavy atom. The van der Waals surface area contributed by atoms with Crippen molar-refractivity contribution >= 4 is 22.0 Å². The molecule has 0 bridgehead atoms. The van der Waals surface area contributed by atoms with Gasteiger partial charge in [-0.05, 0) is 35.4 Å². The quantitative estimate of drug-likeness (QED) is 0.681. The normalized spacial score (nSPS) is 15.8. The van der Waals surface area contributed by atoms with Gasteiger partial charge in [0.15, 0.2) is 0 Å². The van der Waals surface area contributed by atoms with Crippen LogP contribution in [0.1, 0.15) is 16.7 Å². The highest BCUT2D eigenvalue weighted by molar-refractivity contribution is 7.89. The van der Waals surface area contributed by atoms with Crippen LogP contribution in [0.3, 0.4) is 0 Å². The van der Waals surface area contributed by atoms with Gasteiger partial charge in [-0.1, -0.05) is 30.3 Å². The van der Waals surface area contributed by atoms with E-state index in [1.807, 2.05) is 0 Å². The molecular weight excluding hydrogens is 433 g/mol. The Morgan fingerprint density at radius 1 is 1.10 bits per heavy atom. The second-order valence-electron chi connectivity index (χ2n) is 6.80. The van der Waals surface area contributed by atoms with Crippen molar-refractivity contribution in [2.45, 2.75) is 17.6 Å². The largest absolute Gasteiger partial charge is 0.416 e. The van der Waals surface area contributed by atoms with Gasteiger partial charge in [-0.25, -0.2) is 8.42 Å². The van der Waals surface area contributed by atoms with Crippen molar-refractivity contribution in [1.82, 2.24) is 9.62 Å². The Morgan fingerprint density at radius 2 is 1.81 bits per heavy atom. The van der Waals surface area contributed by atoms with Gasteiger partial charge >= 0.3 is 6.18 Å². The molecule has 0 aromatic heterocycles. The van der Waals surface area contributed by atoms with E-state index < -0.39 is 27.7 Å². The lowest BCUT2D eigenvalue weighted by Gasteiger charge is -2.27. The molecule has 3 rings (SSSR count). The standard InChI is InChI=1S/C21H21F3N2O4S/c22-21(23,24)18-6-3-4-16(14-18)8-9-20(27)25-15-17-5-1-2-7-19(17)31(28,29)26-10-12-30-13-11-26/h1-9,14H,10-13,15H2,(H,25,27)/b9-8+. The van der Waals surface area contributed by atoms with E-state index in [1.54, 1.807) is 18.2 Å².